The summed E-state index contributed by atoms with van der Waals surface area (Å²) in [4.78, 5) is 11.8. The highest BCUT2D eigenvalue weighted by molar-refractivity contribution is 9.10. The van der Waals surface area contributed by atoms with E-state index in [0.717, 1.165) is 33.3 Å². The third kappa shape index (κ3) is 3.06. The van der Waals surface area contributed by atoms with Gasteiger partial charge in [-0.05, 0) is 24.6 Å². The number of carbonyl (C=O) groups is 1. The van der Waals surface area contributed by atoms with Gasteiger partial charge in [0.2, 0.25) is 0 Å². The second kappa shape index (κ2) is 6.62. The Kier molecular flexibility index (Phi) is 4.57. The Morgan fingerprint density at radius 3 is 2.52 bits per heavy atom. The molecule has 0 unspecified atom stereocenters. The molecule has 0 aliphatic heterocycles. The van der Waals surface area contributed by atoms with Gasteiger partial charge in [-0.2, -0.15) is 0 Å². The fourth-order valence-corrected chi connectivity index (χ4v) is 3.19. The monoisotopic (exact) mass is 376 g/mol. The molecule has 2 aromatic rings. The van der Waals surface area contributed by atoms with E-state index in [4.69, 9.17) is 14.2 Å². The zero-order valence-corrected chi connectivity index (χ0v) is 14.6. The molecule has 0 aromatic heterocycles. The third-order valence-corrected chi connectivity index (χ3v) is 4.71. The van der Waals surface area contributed by atoms with Crippen LogP contribution in [0.25, 0.3) is 0 Å². The molecule has 0 fully saturated rings. The van der Waals surface area contributed by atoms with Crippen molar-refractivity contribution in [2.75, 3.05) is 14.2 Å². The first-order valence-electron chi connectivity index (χ1n) is 7.32. The fourth-order valence-electron chi connectivity index (χ4n) is 2.76. The minimum Gasteiger partial charge on any atom is -0.493 e. The standard InChI is InChI=1S/C18H17BrO4/c1-21-17-8-11(14(19)9-18(17)22-2)10-23-16-5-3-4-12-13(16)6-7-15(12)20/h3-5,8-9H,6-7,10H2,1-2H3. The lowest BCUT2D eigenvalue weighted by Crippen LogP contribution is -2.01. The molecule has 4 nitrogen and oxygen atoms in total. The van der Waals surface area contributed by atoms with Crippen molar-refractivity contribution in [1.82, 2.24) is 0 Å². The third-order valence-electron chi connectivity index (χ3n) is 3.97. The van der Waals surface area contributed by atoms with Crippen LogP contribution in [0.3, 0.4) is 0 Å². The van der Waals surface area contributed by atoms with E-state index >= 15 is 0 Å². The molecule has 0 spiro atoms. The van der Waals surface area contributed by atoms with Gasteiger partial charge in [0, 0.05) is 27.6 Å². The highest BCUT2D eigenvalue weighted by atomic mass is 79.9. The van der Waals surface area contributed by atoms with E-state index in [-0.39, 0.29) is 5.78 Å². The zero-order chi connectivity index (χ0) is 16.4. The number of benzene rings is 2. The van der Waals surface area contributed by atoms with E-state index in [0.29, 0.717) is 24.5 Å². The summed E-state index contributed by atoms with van der Waals surface area (Å²) >= 11 is 3.53. The van der Waals surface area contributed by atoms with Crippen molar-refractivity contribution in [3.8, 4) is 17.2 Å². The highest BCUT2D eigenvalue weighted by Gasteiger charge is 2.22. The van der Waals surface area contributed by atoms with Crippen LogP contribution in [0.5, 0.6) is 17.2 Å². The first kappa shape index (κ1) is 15.9. The maximum Gasteiger partial charge on any atom is 0.163 e. The summed E-state index contributed by atoms with van der Waals surface area (Å²) in [5.41, 5.74) is 2.74. The van der Waals surface area contributed by atoms with Crippen LogP contribution in [0.15, 0.2) is 34.8 Å². The van der Waals surface area contributed by atoms with Gasteiger partial charge in [-0.3, -0.25) is 4.79 Å². The quantitative estimate of drug-likeness (QED) is 0.785. The Hall–Kier alpha value is -2.01. The Morgan fingerprint density at radius 1 is 1.04 bits per heavy atom. The second-order valence-corrected chi connectivity index (χ2v) is 6.15. The Bertz CT molecular complexity index is 755. The number of carbonyl (C=O) groups excluding carboxylic acids is 1. The Labute approximate surface area is 143 Å². The average Bonchev–Trinajstić information content (AvgIpc) is 2.95. The summed E-state index contributed by atoms with van der Waals surface area (Å²) in [6.07, 6.45) is 1.31. The Balaban J connectivity index is 1.83. The Morgan fingerprint density at radius 2 is 1.78 bits per heavy atom. The summed E-state index contributed by atoms with van der Waals surface area (Å²) in [5, 5.41) is 0. The summed E-state index contributed by atoms with van der Waals surface area (Å²) < 4.78 is 17.4. The number of fused-ring (bicyclic) bond motifs is 1. The number of ether oxygens (including phenoxy) is 3. The van der Waals surface area contributed by atoms with Crippen LogP contribution in [0.2, 0.25) is 0 Å². The molecule has 2 aromatic carbocycles. The van der Waals surface area contributed by atoms with Crippen LogP contribution < -0.4 is 14.2 Å². The van der Waals surface area contributed by atoms with Gasteiger partial charge < -0.3 is 14.2 Å². The van der Waals surface area contributed by atoms with Crippen molar-refractivity contribution < 1.29 is 19.0 Å². The first-order valence-corrected chi connectivity index (χ1v) is 8.11. The van der Waals surface area contributed by atoms with E-state index < -0.39 is 0 Å². The number of methoxy groups -OCH3 is 2. The largest absolute Gasteiger partial charge is 0.493 e. The molecule has 1 aliphatic carbocycles. The zero-order valence-electron chi connectivity index (χ0n) is 13.0. The van der Waals surface area contributed by atoms with E-state index in [9.17, 15) is 4.79 Å². The van der Waals surface area contributed by atoms with Gasteiger partial charge in [0.05, 0.1) is 14.2 Å². The summed E-state index contributed by atoms with van der Waals surface area (Å²) in [6, 6.07) is 9.38. The minimum atomic E-state index is 0.192. The van der Waals surface area contributed by atoms with Crippen molar-refractivity contribution in [2.24, 2.45) is 0 Å². The van der Waals surface area contributed by atoms with Crippen molar-refractivity contribution >= 4 is 21.7 Å². The van der Waals surface area contributed by atoms with Crippen molar-refractivity contribution in [3.05, 3.63) is 51.5 Å². The van der Waals surface area contributed by atoms with Crippen molar-refractivity contribution in [3.63, 3.8) is 0 Å². The predicted octanol–water partition coefficient (Wildman–Crippen LogP) is 4.17. The number of ketones is 1. The van der Waals surface area contributed by atoms with Crippen LogP contribution in [0.4, 0.5) is 0 Å². The molecule has 0 heterocycles. The lowest BCUT2D eigenvalue weighted by molar-refractivity contribution is 0.0994. The molecule has 0 bridgehead atoms. The minimum absolute atomic E-state index is 0.192. The van der Waals surface area contributed by atoms with Gasteiger partial charge in [-0.1, -0.05) is 28.1 Å². The second-order valence-electron chi connectivity index (χ2n) is 5.29. The average molecular weight is 377 g/mol. The molecule has 3 rings (SSSR count). The smallest absolute Gasteiger partial charge is 0.163 e. The lowest BCUT2D eigenvalue weighted by Gasteiger charge is -2.14. The van der Waals surface area contributed by atoms with Crippen molar-refractivity contribution in [1.29, 1.82) is 0 Å². The normalized spacial score (nSPS) is 12.9. The van der Waals surface area contributed by atoms with Gasteiger partial charge in [0.25, 0.3) is 0 Å². The summed E-state index contributed by atoms with van der Waals surface area (Å²) in [5.74, 6) is 2.28. The number of halogens is 1. The molecule has 5 heteroatoms. The van der Waals surface area contributed by atoms with Gasteiger partial charge >= 0.3 is 0 Å². The lowest BCUT2D eigenvalue weighted by atomic mass is 10.1. The summed E-state index contributed by atoms with van der Waals surface area (Å²) in [7, 11) is 3.21. The van der Waals surface area contributed by atoms with E-state index in [1.807, 2.05) is 30.3 Å². The van der Waals surface area contributed by atoms with Crippen LogP contribution >= 0.6 is 15.9 Å². The van der Waals surface area contributed by atoms with E-state index in [1.54, 1.807) is 14.2 Å². The number of rotatable bonds is 5. The molecule has 23 heavy (non-hydrogen) atoms. The predicted molar refractivity (Wildman–Crippen MR) is 90.7 cm³/mol. The van der Waals surface area contributed by atoms with Crippen LogP contribution in [-0.2, 0) is 13.0 Å². The molecule has 120 valence electrons. The SMILES string of the molecule is COc1cc(Br)c(COc2cccc3c2CCC3=O)cc1OC. The molecule has 0 radical (unpaired) electrons. The molecule has 0 atom stereocenters. The molecular weight excluding hydrogens is 360 g/mol. The molecule has 1 aliphatic rings. The number of hydrogen-bond acceptors (Lipinski definition) is 4. The number of Topliss-reactive ketones (excluding diaryl/α,β-unsaturated/α-hetero) is 1. The number of hydrogen-bond donors (Lipinski definition) is 0. The van der Waals surface area contributed by atoms with Crippen LogP contribution in [0.1, 0.15) is 27.9 Å². The molecule has 0 amide bonds. The van der Waals surface area contributed by atoms with E-state index in [2.05, 4.69) is 15.9 Å². The molecule has 0 N–H and O–H groups in total. The maximum atomic E-state index is 11.8. The first-order chi connectivity index (χ1) is 11.1. The van der Waals surface area contributed by atoms with Crippen LogP contribution in [0, 0.1) is 0 Å². The van der Waals surface area contributed by atoms with Gasteiger partial charge in [0.15, 0.2) is 17.3 Å². The molecular formula is C18H17BrO4. The van der Waals surface area contributed by atoms with Gasteiger partial charge in [0.1, 0.15) is 12.4 Å². The molecule has 0 saturated heterocycles. The van der Waals surface area contributed by atoms with E-state index in [1.165, 1.54) is 0 Å². The summed E-state index contributed by atoms with van der Waals surface area (Å²) in [6.45, 7) is 0.381. The van der Waals surface area contributed by atoms with Crippen LogP contribution in [-0.4, -0.2) is 20.0 Å². The topological polar surface area (TPSA) is 44.8 Å². The highest BCUT2D eigenvalue weighted by Crippen LogP contribution is 2.35. The van der Waals surface area contributed by atoms with Gasteiger partial charge in [-0.15, -0.1) is 0 Å². The van der Waals surface area contributed by atoms with Gasteiger partial charge in [-0.25, -0.2) is 0 Å². The maximum absolute atomic E-state index is 11.8. The molecule has 0 saturated carbocycles. The van der Waals surface area contributed by atoms with Crippen molar-refractivity contribution in [2.45, 2.75) is 19.4 Å². The fraction of sp³-hybridized carbons (Fsp3) is 0.278.